The van der Waals surface area contributed by atoms with Gasteiger partial charge in [-0.15, -0.1) is 0 Å². The minimum atomic E-state index is -1.30. The van der Waals surface area contributed by atoms with Crippen molar-refractivity contribution in [1.29, 1.82) is 0 Å². The number of carbonyl (C=O) groups excluding carboxylic acids is 2. The SMILES string of the molecule is CC1(C)OB(c2cnc3[nH]cc(C(=O)c4c(F)ccc(C(N)=O)c4F)c3c2)OC1(C)C. The van der Waals surface area contributed by atoms with Gasteiger partial charge in [0.2, 0.25) is 5.78 Å². The van der Waals surface area contributed by atoms with Gasteiger partial charge in [0.25, 0.3) is 5.91 Å². The van der Waals surface area contributed by atoms with E-state index in [-0.39, 0.29) is 5.56 Å². The molecular formula is C21H20BF2N3O4. The molecule has 1 aliphatic rings. The molecule has 3 N–H and O–H groups in total. The molecule has 0 unspecified atom stereocenters. The van der Waals surface area contributed by atoms with Gasteiger partial charge in [-0.2, -0.15) is 0 Å². The summed E-state index contributed by atoms with van der Waals surface area (Å²) < 4.78 is 41.1. The highest BCUT2D eigenvalue weighted by atomic mass is 19.1. The second kappa shape index (κ2) is 6.96. The summed E-state index contributed by atoms with van der Waals surface area (Å²) in [6.45, 7) is 7.62. The minimum Gasteiger partial charge on any atom is -0.399 e. The van der Waals surface area contributed by atoms with Crippen LogP contribution in [0.25, 0.3) is 11.0 Å². The van der Waals surface area contributed by atoms with Gasteiger partial charge in [0.1, 0.15) is 17.3 Å². The van der Waals surface area contributed by atoms with Gasteiger partial charge in [-0.25, -0.2) is 13.8 Å². The van der Waals surface area contributed by atoms with E-state index in [1.807, 2.05) is 27.7 Å². The summed E-state index contributed by atoms with van der Waals surface area (Å²) in [5.74, 6) is -4.45. The predicted molar refractivity (Wildman–Crippen MR) is 110 cm³/mol. The van der Waals surface area contributed by atoms with Crippen LogP contribution in [0.1, 0.15) is 54.0 Å². The Morgan fingerprint density at radius 3 is 2.35 bits per heavy atom. The molecule has 1 aromatic carbocycles. The van der Waals surface area contributed by atoms with Crippen molar-refractivity contribution in [1.82, 2.24) is 9.97 Å². The van der Waals surface area contributed by atoms with Crippen LogP contribution in [0, 0.1) is 11.6 Å². The first-order valence-corrected chi connectivity index (χ1v) is 9.58. The zero-order valence-electron chi connectivity index (χ0n) is 17.4. The third-order valence-electron chi connectivity index (χ3n) is 5.91. The van der Waals surface area contributed by atoms with E-state index >= 15 is 0 Å². The van der Waals surface area contributed by atoms with Crippen molar-refractivity contribution in [3.63, 3.8) is 0 Å². The number of amides is 1. The third kappa shape index (κ3) is 3.32. The molecule has 0 spiro atoms. The number of hydrogen-bond donors (Lipinski definition) is 2. The number of H-pyrrole nitrogens is 1. The summed E-state index contributed by atoms with van der Waals surface area (Å²) in [6.07, 6.45) is 2.86. The molecule has 1 aliphatic heterocycles. The molecule has 0 aliphatic carbocycles. The molecule has 1 amide bonds. The number of ketones is 1. The van der Waals surface area contributed by atoms with Crippen LogP contribution in [-0.2, 0) is 9.31 Å². The Labute approximate surface area is 177 Å². The molecule has 4 rings (SSSR count). The van der Waals surface area contributed by atoms with Crippen LogP contribution in [0.4, 0.5) is 8.78 Å². The lowest BCUT2D eigenvalue weighted by molar-refractivity contribution is 0.00578. The van der Waals surface area contributed by atoms with Crippen molar-refractivity contribution < 1.29 is 27.7 Å². The Morgan fingerprint density at radius 1 is 1.10 bits per heavy atom. The Morgan fingerprint density at radius 2 is 1.74 bits per heavy atom. The monoisotopic (exact) mass is 427 g/mol. The molecule has 3 aromatic rings. The van der Waals surface area contributed by atoms with Crippen LogP contribution in [0.15, 0.2) is 30.6 Å². The topological polar surface area (TPSA) is 107 Å². The van der Waals surface area contributed by atoms with Crippen molar-refractivity contribution in [2.75, 3.05) is 0 Å². The second-order valence-electron chi connectivity index (χ2n) is 8.43. The maximum atomic E-state index is 14.7. The number of hydrogen-bond acceptors (Lipinski definition) is 5. The number of benzene rings is 1. The van der Waals surface area contributed by atoms with Gasteiger partial charge in [-0.05, 0) is 45.9 Å². The molecule has 0 radical (unpaired) electrons. The number of pyridine rings is 1. The van der Waals surface area contributed by atoms with Crippen molar-refractivity contribution in [2.45, 2.75) is 38.9 Å². The maximum absolute atomic E-state index is 14.7. The summed E-state index contributed by atoms with van der Waals surface area (Å²) in [5, 5.41) is 0.334. The molecular weight excluding hydrogens is 407 g/mol. The standard InChI is InChI=1S/C21H20BF2N3O4/c1-20(2)21(3,4)31-22(30-20)10-7-12-13(9-27-19(12)26-8-10)17(28)15-14(23)6-5-11(16(15)24)18(25)29/h5-9H,1-4H3,(H2,25,29)(H,26,27). The van der Waals surface area contributed by atoms with Gasteiger partial charge >= 0.3 is 7.12 Å². The van der Waals surface area contributed by atoms with Crippen molar-refractivity contribution in [3.05, 3.63) is 58.9 Å². The largest absolute Gasteiger partial charge is 0.496 e. The van der Waals surface area contributed by atoms with E-state index in [1.165, 1.54) is 6.20 Å². The number of primary amides is 1. The Hall–Kier alpha value is -3.11. The third-order valence-corrected chi connectivity index (χ3v) is 5.91. The number of nitrogens with two attached hydrogens (primary N) is 1. The van der Waals surface area contributed by atoms with Crippen LogP contribution in [0.3, 0.4) is 0 Å². The molecule has 160 valence electrons. The van der Waals surface area contributed by atoms with Crippen molar-refractivity contribution in [2.24, 2.45) is 5.73 Å². The van der Waals surface area contributed by atoms with Crippen LogP contribution in [-0.4, -0.2) is 40.0 Å². The molecule has 2 aromatic heterocycles. The zero-order chi connectivity index (χ0) is 22.7. The van der Waals surface area contributed by atoms with Crippen molar-refractivity contribution in [3.8, 4) is 0 Å². The quantitative estimate of drug-likeness (QED) is 0.492. The van der Waals surface area contributed by atoms with Crippen LogP contribution >= 0.6 is 0 Å². The predicted octanol–water partition coefficient (Wildman–Crippen LogP) is 2.47. The van der Waals surface area contributed by atoms with Gasteiger partial charge in [0.15, 0.2) is 0 Å². The summed E-state index contributed by atoms with van der Waals surface area (Å²) in [6, 6.07) is 3.36. The zero-order valence-corrected chi connectivity index (χ0v) is 17.4. The van der Waals surface area contributed by atoms with Crippen LogP contribution in [0.2, 0.25) is 0 Å². The number of aromatic amines is 1. The fraction of sp³-hybridized carbons (Fsp3) is 0.286. The molecule has 31 heavy (non-hydrogen) atoms. The van der Waals surface area contributed by atoms with E-state index in [9.17, 15) is 18.4 Å². The molecule has 7 nitrogen and oxygen atoms in total. The maximum Gasteiger partial charge on any atom is 0.496 e. The summed E-state index contributed by atoms with van der Waals surface area (Å²) in [7, 11) is -0.730. The van der Waals surface area contributed by atoms with E-state index in [0.29, 0.717) is 16.5 Å². The summed E-state index contributed by atoms with van der Waals surface area (Å²) >= 11 is 0. The van der Waals surface area contributed by atoms with Gasteiger partial charge in [0, 0.05) is 28.8 Å². The fourth-order valence-electron chi connectivity index (χ4n) is 3.40. The van der Waals surface area contributed by atoms with E-state index in [0.717, 1.165) is 12.1 Å². The number of nitrogens with one attached hydrogen (secondary N) is 1. The first-order valence-electron chi connectivity index (χ1n) is 9.58. The lowest BCUT2D eigenvalue weighted by Gasteiger charge is -2.32. The van der Waals surface area contributed by atoms with E-state index in [2.05, 4.69) is 9.97 Å². The summed E-state index contributed by atoms with van der Waals surface area (Å²) in [4.78, 5) is 31.5. The highest BCUT2D eigenvalue weighted by molar-refractivity contribution is 6.62. The number of rotatable bonds is 4. The first kappa shape index (κ1) is 21.1. The Kier molecular flexibility index (Phi) is 4.75. The minimum absolute atomic E-state index is 0.0136. The molecule has 0 atom stereocenters. The molecule has 1 saturated heterocycles. The number of halogens is 2. The smallest absolute Gasteiger partial charge is 0.399 e. The van der Waals surface area contributed by atoms with Crippen LogP contribution < -0.4 is 11.2 Å². The lowest BCUT2D eigenvalue weighted by Crippen LogP contribution is -2.41. The number of aromatic nitrogens is 2. The van der Waals surface area contributed by atoms with Gasteiger partial charge in [-0.3, -0.25) is 9.59 Å². The molecule has 10 heteroatoms. The van der Waals surface area contributed by atoms with Crippen molar-refractivity contribution >= 4 is 35.3 Å². The lowest BCUT2D eigenvalue weighted by atomic mass is 9.79. The van der Waals surface area contributed by atoms with E-state index < -0.39 is 52.8 Å². The number of carbonyl (C=O) groups is 2. The highest BCUT2D eigenvalue weighted by Crippen LogP contribution is 2.36. The normalized spacial score (nSPS) is 17.3. The molecule has 1 fully saturated rings. The molecule has 0 saturated carbocycles. The molecule has 3 heterocycles. The van der Waals surface area contributed by atoms with E-state index in [1.54, 1.807) is 12.3 Å². The average molecular weight is 427 g/mol. The second-order valence-corrected chi connectivity index (χ2v) is 8.43. The number of nitrogens with zero attached hydrogens (tertiary/aromatic N) is 1. The van der Waals surface area contributed by atoms with Gasteiger partial charge in [-0.1, -0.05) is 0 Å². The first-order chi connectivity index (χ1) is 14.4. The fourth-order valence-corrected chi connectivity index (χ4v) is 3.40. The number of fused-ring (bicyclic) bond motifs is 1. The van der Waals surface area contributed by atoms with Crippen LogP contribution in [0.5, 0.6) is 0 Å². The van der Waals surface area contributed by atoms with Gasteiger partial charge in [0.05, 0.1) is 22.3 Å². The highest BCUT2D eigenvalue weighted by Gasteiger charge is 2.51. The summed E-state index contributed by atoms with van der Waals surface area (Å²) in [5.41, 5.74) is 3.41. The van der Waals surface area contributed by atoms with E-state index in [4.69, 9.17) is 15.0 Å². The average Bonchev–Trinajstić information content (AvgIpc) is 3.18. The Balaban J connectivity index is 1.79. The van der Waals surface area contributed by atoms with Gasteiger partial charge < -0.3 is 20.0 Å². The molecule has 0 bridgehead atoms. The Bertz CT molecular complexity index is 1220.